The normalized spacial score (nSPS) is 13.1. The fraction of sp³-hybridized carbons (Fsp3) is 0.231. The van der Waals surface area contributed by atoms with Gasteiger partial charge < -0.3 is 9.47 Å². The molecule has 17 heavy (non-hydrogen) atoms. The van der Waals surface area contributed by atoms with Gasteiger partial charge >= 0.3 is 11.9 Å². The third kappa shape index (κ3) is 2.36. The molecule has 0 unspecified atom stereocenters. The van der Waals surface area contributed by atoms with E-state index in [0.29, 0.717) is 17.9 Å². The number of benzene rings is 1. The number of hydrogen-bond donors (Lipinski definition) is 0. The predicted molar refractivity (Wildman–Crippen MR) is 61.1 cm³/mol. The molecule has 0 aliphatic carbocycles. The van der Waals surface area contributed by atoms with Crippen LogP contribution in [0.1, 0.15) is 34.6 Å². The van der Waals surface area contributed by atoms with Crippen molar-refractivity contribution in [1.29, 1.82) is 0 Å². The molecule has 88 valence electrons. The molecule has 1 aliphatic heterocycles. The summed E-state index contributed by atoms with van der Waals surface area (Å²) in [4.78, 5) is 22.5. The van der Waals surface area contributed by atoms with Crippen LogP contribution in [0.3, 0.4) is 0 Å². The molecule has 0 atom stereocenters. The van der Waals surface area contributed by atoms with Gasteiger partial charge in [0.2, 0.25) is 0 Å². The van der Waals surface area contributed by atoms with Gasteiger partial charge in [-0.1, -0.05) is 5.57 Å². The lowest BCUT2D eigenvalue weighted by atomic mass is 10.1. The molecule has 0 bridgehead atoms. The minimum Gasteiger partial charge on any atom is -0.490 e. The fourth-order valence-corrected chi connectivity index (χ4v) is 1.46. The highest BCUT2D eigenvalue weighted by atomic mass is 16.6. The van der Waals surface area contributed by atoms with E-state index in [-0.39, 0.29) is 5.56 Å². The molecule has 0 saturated carbocycles. The SMILES string of the molecule is CC(C)=CCOc1ccc2c(c1)C(=O)OC2=O. The minimum absolute atomic E-state index is 0.268. The summed E-state index contributed by atoms with van der Waals surface area (Å²) in [5.41, 5.74) is 1.72. The molecule has 0 N–H and O–H groups in total. The van der Waals surface area contributed by atoms with Gasteiger partial charge in [0.1, 0.15) is 12.4 Å². The Kier molecular flexibility index (Phi) is 2.95. The second-order valence-electron chi connectivity index (χ2n) is 3.98. The van der Waals surface area contributed by atoms with Crippen LogP contribution < -0.4 is 4.74 Å². The largest absolute Gasteiger partial charge is 0.490 e. The van der Waals surface area contributed by atoms with Gasteiger partial charge in [-0.15, -0.1) is 0 Å². The van der Waals surface area contributed by atoms with Crippen molar-refractivity contribution in [2.75, 3.05) is 6.61 Å². The van der Waals surface area contributed by atoms with Gasteiger partial charge in [0.05, 0.1) is 11.1 Å². The Morgan fingerprint density at radius 2 is 1.94 bits per heavy atom. The maximum absolute atomic E-state index is 11.3. The Morgan fingerprint density at radius 3 is 2.65 bits per heavy atom. The molecule has 0 radical (unpaired) electrons. The Labute approximate surface area is 98.8 Å². The van der Waals surface area contributed by atoms with Crippen molar-refractivity contribution >= 4 is 11.9 Å². The van der Waals surface area contributed by atoms with Crippen LogP contribution in [0.25, 0.3) is 0 Å². The first-order chi connectivity index (χ1) is 8.08. The smallest absolute Gasteiger partial charge is 0.347 e. The van der Waals surface area contributed by atoms with E-state index < -0.39 is 11.9 Å². The highest BCUT2D eigenvalue weighted by Crippen LogP contribution is 2.24. The summed E-state index contributed by atoms with van der Waals surface area (Å²) in [7, 11) is 0. The van der Waals surface area contributed by atoms with E-state index in [2.05, 4.69) is 4.74 Å². The van der Waals surface area contributed by atoms with Crippen LogP contribution in [0.15, 0.2) is 29.8 Å². The molecule has 0 amide bonds. The Bertz CT molecular complexity index is 510. The van der Waals surface area contributed by atoms with E-state index in [9.17, 15) is 9.59 Å². The first-order valence-electron chi connectivity index (χ1n) is 5.24. The molecule has 0 saturated heterocycles. The van der Waals surface area contributed by atoms with E-state index in [1.54, 1.807) is 12.1 Å². The number of cyclic esters (lactones) is 2. The average molecular weight is 232 g/mol. The molecule has 0 fully saturated rings. The molecule has 1 aromatic rings. The lowest BCUT2D eigenvalue weighted by molar-refractivity contribution is 0.0443. The second-order valence-corrected chi connectivity index (χ2v) is 3.98. The van der Waals surface area contributed by atoms with Crippen molar-refractivity contribution < 1.29 is 19.1 Å². The zero-order valence-electron chi connectivity index (χ0n) is 9.65. The molecule has 1 heterocycles. The number of fused-ring (bicyclic) bond motifs is 1. The van der Waals surface area contributed by atoms with Gasteiger partial charge in [-0.05, 0) is 38.1 Å². The number of allylic oxidation sites excluding steroid dienone is 1. The zero-order valence-corrected chi connectivity index (χ0v) is 9.65. The van der Waals surface area contributed by atoms with Gasteiger partial charge in [-0.2, -0.15) is 0 Å². The number of esters is 2. The second kappa shape index (κ2) is 4.41. The molecule has 1 aliphatic rings. The van der Waals surface area contributed by atoms with Crippen LogP contribution in [0.2, 0.25) is 0 Å². The highest BCUT2D eigenvalue weighted by molar-refractivity contribution is 6.14. The quantitative estimate of drug-likeness (QED) is 0.456. The Morgan fingerprint density at radius 1 is 1.24 bits per heavy atom. The average Bonchev–Trinajstić information content (AvgIpc) is 2.54. The Balaban J connectivity index is 2.17. The summed E-state index contributed by atoms with van der Waals surface area (Å²) in [5, 5.41) is 0. The Hall–Kier alpha value is -2.10. The number of carbonyl (C=O) groups is 2. The van der Waals surface area contributed by atoms with E-state index in [0.717, 1.165) is 5.57 Å². The van der Waals surface area contributed by atoms with Gasteiger partial charge in [0, 0.05) is 0 Å². The fourth-order valence-electron chi connectivity index (χ4n) is 1.46. The van der Waals surface area contributed by atoms with Crippen LogP contribution >= 0.6 is 0 Å². The molecular formula is C13H12O4. The standard InChI is InChI=1S/C13H12O4/c1-8(2)5-6-16-9-3-4-10-11(7-9)13(15)17-12(10)14/h3-5,7H,6H2,1-2H3. The van der Waals surface area contributed by atoms with Gasteiger partial charge in [0.15, 0.2) is 0 Å². The summed E-state index contributed by atoms with van der Waals surface area (Å²) in [5.74, 6) is -0.661. The first-order valence-corrected chi connectivity index (χ1v) is 5.24. The summed E-state index contributed by atoms with van der Waals surface area (Å²) in [6, 6.07) is 4.72. The van der Waals surface area contributed by atoms with Crippen molar-refractivity contribution in [2.45, 2.75) is 13.8 Å². The molecule has 1 aromatic carbocycles. The lowest BCUT2D eigenvalue weighted by Gasteiger charge is -2.03. The maximum Gasteiger partial charge on any atom is 0.347 e. The lowest BCUT2D eigenvalue weighted by Crippen LogP contribution is -1.97. The number of hydrogen-bond acceptors (Lipinski definition) is 4. The van der Waals surface area contributed by atoms with Crippen molar-refractivity contribution in [1.82, 2.24) is 0 Å². The number of carbonyl (C=O) groups excluding carboxylic acids is 2. The van der Waals surface area contributed by atoms with Crippen molar-refractivity contribution in [3.05, 3.63) is 41.0 Å². The van der Waals surface area contributed by atoms with Crippen molar-refractivity contribution in [3.63, 3.8) is 0 Å². The molecule has 0 spiro atoms. The summed E-state index contributed by atoms with van der Waals surface area (Å²) < 4.78 is 9.91. The van der Waals surface area contributed by atoms with Gasteiger partial charge in [-0.3, -0.25) is 0 Å². The zero-order chi connectivity index (χ0) is 12.4. The van der Waals surface area contributed by atoms with E-state index in [1.807, 2.05) is 19.9 Å². The molecule has 4 heteroatoms. The number of ether oxygens (including phenoxy) is 2. The van der Waals surface area contributed by atoms with E-state index in [4.69, 9.17) is 4.74 Å². The van der Waals surface area contributed by atoms with Crippen LogP contribution in [0.4, 0.5) is 0 Å². The van der Waals surface area contributed by atoms with E-state index >= 15 is 0 Å². The van der Waals surface area contributed by atoms with Crippen molar-refractivity contribution in [3.8, 4) is 5.75 Å². The summed E-state index contributed by atoms with van der Waals surface area (Å²) >= 11 is 0. The van der Waals surface area contributed by atoms with Gasteiger partial charge in [0.25, 0.3) is 0 Å². The van der Waals surface area contributed by atoms with Crippen LogP contribution in [0, 0.1) is 0 Å². The van der Waals surface area contributed by atoms with Crippen molar-refractivity contribution in [2.24, 2.45) is 0 Å². The van der Waals surface area contributed by atoms with E-state index in [1.165, 1.54) is 6.07 Å². The topological polar surface area (TPSA) is 52.6 Å². The molecule has 2 rings (SSSR count). The third-order valence-electron chi connectivity index (χ3n) is 2.36. The molecular weight excluding hydrogens is 220 g/mol. The predicted octanol–water partition coefficient (Wildman–Crippen LogP) is 2.34. The monoisotopic (exact) mass is 232 g/mol. The highest BCUT2D eigenvalue weighted by Gasteiger charge is 2.29. The minimum atomic E-state index is -0.613. The van der Waals surface area contributed by atoms with Crippen LogP contribution in [-0.4, -0.2) is 18.5 Å². The molecule has 4 nitrogen and oxygen atoms in total. The van der Waals surface area contributed by atoms with Gasteiger partial charge in [-0.25, -0.2) is 9.59 Å². The maximum atomic E-state index is 11.3. The summed E-state index contributed by atoms with van der Waals surface area (Å²) in [6.07, 6.45) is 1.93. The first kappa shape index (κ1) is 11.4. The molecule has 0 aromatic heterocycles. The third-order valence-corrected chi connectivity index (χ3v) is 2.36. The van der Waals surface area contributed by atoms with Crippen LogP contribution in [-0.2, 0) is 4.74 Å². The summed E-state index contributed by atoms with van der Waals surface area (Å²) in [6.45, 7) is 4.38. The van der Waals surface area contributed by atoms with Crippen LogP contribution in [0.5, 0.6) is 5.75 Å². The number of rotatable bonds is 3.